The number of hydrogen-bond acceptors (Lipinski definition) is 2. The summed E-state index contributed by atoms with van der Waals surface area (Å²) in [5.74, 6) is -1.36. The lowest BCUT2D eigenvalue weighted by molar-refractivity contribution is -0.134. The topological polar surface area (TPSA) is 49.3 Å². The van der Waals surface area contributed by atoms with Gasteiger partial charge in [0, 0.05) is 5.69 Å². The molecule has 0 saturated heterocycles. The zero-order chi connectivity index (χ0) is 13.7. The minimum atomic E-state index is -0.973. The molecule has 4 heteroatoms. The molecule has 0 spiro atoms. The van der Waals surface area contributed by atoms with E-state index < -0.39 is 5.97 Å². The van der Waals surface area contributed by atoms with Gasteiger partial charge in [-0.15, -0.1) is 6.58 Å². The van der Waals surface area contributed by atoms with Crippen molar-refractivity contribution in [1.29, 1.82) is 0 Å². The average molecular weight is 241 g/mol. The fraction of sp³-hybridized carbons (Fsp3) is 0.308. The van der Waals surface area contributed by atoms with Crippen LogP contribution in [0.5, 0.6) is 0 Å². The Hall–Kier alpha value is -1.84. The molecule has 0 bridgehead atoms. The molecule has 0 atom stereocenters. The van der Waals surface area contributed by atoms with Crippen LogP contribution in [0.4, 0.5) is 10.1 Å². The highest BCUT2D eigenvalue weighted by atomic mass is 19.1. The third kappa shape index (κ3) is 12.1. The Labute approximate surface area is 102 Å². The van der Waals surface area contributed by atoms with Crippen LogP contribution in [0.3, 0.4) is 0 Å². The summed E-state index contributed by atoms with van der Waals surface area (Å²) >= 11 is 0. The summed E-state index contributed by atoms with van der Waals surface area (Å²) in [6.07, 6.45) is 1.75. The highest BCUT2D eigenvalue weighted by Gasteiger charge is 1.97. The molecular formula is C13H20FNO2. The first-order valence-electron chi connectivity index (χ1n) is 5.38. The first-order valence-corrected chi connectivity index (χ1v) is 5.38. The van der Waals surface area contributed by atoms with E-state index in [1.54, 1.807) is 12.1 Å². The number of carbonyl (C=O) groups is 1. The molecule has 0 aromatic heterocycles. The van der Waals surface area contributed by atoms with E-state index in [4.69, 9.17) is 5.11 Å². The van der Waals surface area contributed by atoms with E-state index in [1.165, 1.54) is 18.2 Å². The average Bonchev–Trinajstić information content (AvgIpc) is 2.30. The summed E-state index contributed by atoms with van der Waals surface area (Å²) in [5, 5.41) is 10.8. The van der Waals surface area contributed by atoms with Crippen molar-refractivity contribution < 1.29 is 14.3 Å². The molecule has 0 radical (unpaired) electrons. The summed E-state index contributed by atoms with van der Waals surface area (Å²) in [7, 11) is 0. The van der Waals surface area contributed by atoms with E-state index in [0.717, 1.165) is 0 Å². The number of rotatable bonds is 3. The molecule has 1 rings (SSSR count). The maximum absolute atomic E-state index is 12.5. The van der Waals surface area contributed by atoms with Gasteiger partial charge >= 0.3 is 5.97 Å². The Morgan fingerprint density at radius 2 is 2.06 bits per heavy atom. The van der Waals surface area contributed by atoms with Crippen molar-refractivity contribution in [2.24, 2.45) is 0 Å². The second kappa shape index (κ2) is 12.2. The Balaban J connectivity index is 0. The van der Waals surface area contributed by atoms with Gasteiger partial charge in [0.2, 0.25) is 0 Å². The van der Waals surface area contributed by atoms with Crippen LogP contribution in [-0.4, -0.2) is 17.6 Å². The highest BCUT2D eigenvalue weighted by molar-refractivity contribution is 5.72. The van der Waals surface area contributed by atoms with Crippen molar-refractivity contribution in [2.45, 2.75) is 20.8 Å². The number of anilines is 1. The lowest BCUT2D eigenvalue weighted by atomic mass is 10.3. The van der Waals surface area contributed by atoms with Gasteiger partial charge in [0.1, 0.15) is 12.4 Å². The monoisotopic (exact) mass is 241 g/mol. The molecule has 0 saturated carbocycles. The van der Waals surface area contributed by atoms with Crippen molar-refractivity contribution in [2.75, 3.05) is 11.9 Å². The number of carboxylic acids is 1. The van der Waals surface area contributed by atoms with Crippen LogP contribution in [0.25, 0.3) is 0 Å². The molecule has 0 unspecified atom stereocenters. The van der Waals surface area contributed by atoms with Gasteiger partial charge < -0.3 is 10.4 Å². The Kier molecular flexibility index (Phi) is 12.6. The van der Waals surface area contributed by atoms with Gasteiger partial charge in [-0.25, -0.2) is 4.39 Å². The lowest BCUT2D eigenvalue weighted by Gasteiger charge is -2.01. The maximum Gasteiger partial charge on any atom is 0.322 e. The summed E-state index contributed by atoms with van der Waals surface area (Å²) in [5.41, 5.74) is 0.470. The van der Waals surface area contributed by atoms with E-state index in [2.05, 4.69) is 11.9 Å². The minimum absolute atomic E-state index is 0.205. The molecule has 17 heavy (non-hydrogen) atoms. The molecule has 0 aliphatic heterocycles. The Morgan fingerprint density at radius 3 is 2.47 bits per heavy atom. The zero-order valence-electron chi connectivity index (χ0n) is 10.5. The molecular weight excluding hydrogens is 221 g/mol. The summed E-state index contributed by atoms with van der Waals surface area (Å²) in [4.78, 5) is 10.1. The summed E-state index contributed by atoms with van der Waals surface area (Å²) < 4.78 is 12.5. The second-order valence-electron chi connectivity index (χ2n) is 2.67. The maximum atomic E-state index is 12.5. The smallest absolute Gasteiger partial charge is 0.322 e. The number of nitrogens with one attached hydrogen (secondary N) is 1. The number of hydrogen-bond donors (Lipinski definition) is 2. The molecule has 0 heterocycles. The van der Waals surface area contributed by atoms with Gasteiger partial charge in [-0.3, -0.25) is 4.79 Å². The number of halogens is 1. The van der Waals surface area contributed by atoms with Crippen LogP contribution in [-0.2, 0) is 4.79 Å². The second-order valence-corrected chi connectivity index (χ2v) is 2.67. The van der Waals surface area contributed by atoms with Crippen LogP contribution in [0, 0.1) is 5.82 Å². The van der Waals surface area contributed by atoms with Crippen molar-refractivity contribution >= 4 is 11.7 Å². The lowest BCUT2D eigenvalue weighted by Crippen LogP contribution is -2.12. The van der Waals surface area contributed by atoms with Gasteiger partial charge in [0.15, 0.2) is 0 Å². The normalized spacial score (nSPS) is 7.76. The van der Waals surface area contributed by atoms with Crippen LogP contribution in [0.15, 0.2) is 36.9 Å². The van der Waals surface area contributed by atoms with E-state index in [1.807, 2.05) is 20.8 Å². The SMILES string of the molecule is C=CC.CC.O=C(O)CNc1cccc(F)c1. The zero-order valence-corrected chi connectivity index (χ0v) is 10.5. The molecule has 0 fully saturated rings. The first-order chi connectivity index (χ1) is 8.10. The Bertz CT molecular complexity index is 327. The van der Waals surface area contributed by atoms with Crippen LogP contribution >= 0.6 is 0 Å². The van der Waals surface area contributed by atoms with Crippen molar-refractivity contribution in [3.8, 4) is 0 Å². The fourth-order valence-electron chi connectivity index (χ4n) is 0.776. The quantitative estimate of drug-likeness (QED) is 0.796. The predicted octanol–water partition coefficient (Wildman–Crippen LogP) is 3.54. The molecule has 0 aliphatic rings. The molecule has 0 aliphatic carbocycles. The summed E-state index contributed by atoms with van der Waals surface area (Å²) in [6.45, 7) is 9.05. The van der Waals surface area contributed by atoms with Gasteiger partial charge in [-0.1, -0.05) is 26.0 Å². The minimum Gasteiger partial charge on any atom is -0.480 e. The van der Waals surface area contributed by atoms with Gasteiger partial charge in [0.05, 0.1) is 0 Å². The van der Waals surface area contributed by atoms with E-state index in [9.17, 15) is 9.18 Å². The molecule has 2 N–H and O–H groups in total. The number of benzene rings is 1. The van der Waals surface area contributed by atoms with Crippen molar-refractivity contribution in [3.63, 3.8) is 0 Å². The van der Waals surface area contributed by atoms with Crippen LogP contribution < -0.4 is 5.32 Å². The predicted molar refractivity (Wildman–Crippen MR) is 69.7 cm³/mol. The molecule has 0 amide bonds. The van der Waals surface area contributed by atoms with Gasteiger partial charge in [-0.2, -0.15) is 0 Å². The van der Waals surface area contributed by atoms with E-state index in [0.29, 0.717) is 5.69 Å². The standard InChI is InChI=1S/C8H8FNO2.C3H6.C2H6/c9-6-2-1-3-7(4-6)10-5-8(11)12;1-3-2;1-2/h1-4,10H,5H2,(H,11,12);3H,1H2,2H3;1-2H3. The largest absolute Gasteiger partial charge is 0.480 e. The fourth-order valence-corrected chi connectivity index (χ4v) is 0.776. The molecule has 1 aromatic rings. The van der Waals surface area contributed by atoms with Gasteiger partial charge in [0.25, 0.3) is 0 Å². The molecule has 96 valence electrons. The van der Waals surface area contributed by atoms with E-state index in [-0.39, 0.29) is 12.4 Å². The summed E-state index contributed by atoms with van der Waals surface area (Å²) in [6, 6.07) is 5.65. The van der Waals surface area contributed by atoms with E-state index >= 15 is 0 Å². The van der Waals surface area contributed by atoms with Crippen molar-refractivity contribution in [3.05, 3.63) is 42.7 Å². The van der Waals surface area contributed by atoms with Crippen molar-refractivity contribution in [1.82, 2.24) is 0 Å². The third-order valence-corrected chi connectivity index (χ3v) is 1.27. The first kappa shape index (κ1) is 17.6. The molecule has 1 aromatic carbocycles. The van der Waals surface area contributed by atoms with Gasteiger partial charge in [-0.05, 0) is 25.1 Å². The number of allylic oxidation sites excluding steroid dienone is 1. The number of carboxylic acid groups (broad SMARTS) is 1. The Morgan fingerprint density at radius 1 is 1.53 bits per heavy atom. The highest BCUT2D eigenvalue weighted by Crippen LogP contribution is 2.07. The third-order valence-electron chi connectivity index (χ3n) is 1.27. The van der Waals surface area contributed by atoms with Crippen LogP contribution in [0.1, 0.15) is 20.8 Å². The molecule has 3 nitrogen and oxygen atoms in total. The van der Waals surface area contributed by atoms with Crippen LogP contribution in [0.2, 0.25) is 0 Å². The number of aliphatic carboxylic acids is 1.